The Morgan fingerprint density at radius 2 is 1.61 bits per heavy atom. The highest BCUT2D eigenvalue weighted by Gasteiger charge is 2.38. The number of fused-ring (bicyclic) bond motifs is 1. The van der Waals surface area contributed by atoms with E-state index in [9.17, 15) is 31.9 Å². The zero-order valence-corrected chi connectivity index (χ0v) is 30.0. The molecule has 13 heteroatoms. The number of nitrogens with zero attached hydrogens (tertiary/aromatic N) is 2. The van der Waals surface area contributed by atoms with Gasteiger partial charge in [-0.1, -0.05) is 13.8 Å². The highest BCUT2D eigenvalue weighted by molar-refractivity contribution is 5.83. The molecule has 0 radical (unpaired) electrons. The fraction of sp³-hybridized carbons (Fsp3) is 0.500. The number of ether oxygens (including phenoxy) is 1. The third-order valence-electron chi connectivity index (χ3n) is 9.20. The average molecular weight is 722 g/mol. The fourth-order valence-electron chi connectivity index (χ4n) is 6.98. The number of hydrogen-bond acceptors (Lipinski definition) is 5. The first-order valence-electron chi connectivity index (χ1n) is 17.1. The number of nitrogens with one attached hydrogen (secondary N) is 1. The number of halogens is 6. The Morgan fingerprint density at radius 1 is 0.980 bits per heavy atom. The maximum Gasteiger partial charge on any atom is 0.416 e. The van der Waals surface area contributed by atoms with Gasteiger partial charge in [0.1, 0.15) is 23.5 Å². The van der Waals surface area contributed by atoms with E-state index in [1.54, 1.807) is 53.6 Å². The predicted molar refractivity (Wildman–Crippen MR) is 182 cm³/mol. The molecule has 2 atom stereocenters. The van der Waals surface area contributed by atoms with Crippen molar-refractivity contribution in [1.29, 1.82) is 0 Å². The van der Waals surface area contributed by atoms with Crippen LogP contribution in [0.3, 0.4) is 0 Å². The molecule has 51 heavy (non-hydrogen) atoms. The lowest BCUT2D eigenvalue weighted by Gasteiger charge is -2.28. The van der Waals surface area contributed by atoms with E-state index in [2.05, 4.69) is 5.32 Å². The summed E-state index contributed by atoms with van der Waals surface area (Å²) in [6, 6.07) is -0.0784. The van der Waals surface area contributed by atoms with E-state index in [0.29, 0.717) is 41.2 Å². The van der Waals surface area contributed by atoms with Gasteiger partial charge < -0.3 is 19.5 Å². The standard InChI is InChI=1S/C38H45F6N3O4/c1-8-51-31(49)18-28(34-35(40)26-11-9-10-25(26)33(36(34)41)32-21(4)15-24(39)16-22(32)5)45-37(50)29(14-20(2)3)47-19-23(12-13-46(6)7)27(17-30(47)48)38(42,43)44/h15-17,19-20,28-29H,8-14,18H2,1-7H3,(H,45,50). The number of pyridine rings is 1. The van der Waals surface area contributed by atoms with Crippen LogP contribution in [-0.4, -0.2) is 48.6 Å². The molecular weight excluding hydrogens is 676 g/mol. The molecule has 0 fully saturated rings. The van der Waals surface area contributed by atoms with Crippen molar-refractivity contribution in [2.75, 3.05) is 27.2 Å². The van der Waals surface area contributed by atoms with E-state index < -0.39 is 70.7 Å². The van der Waals surface area contributed by atoms with Crippen molar-refractivity contribution in [1.82, 2.24) is 14.8 Å². The van der Waals surface area contributed by atoms with Crippen molar-refractivity contribution in [3.05, 3.63) is 91.1 Å². The summed E-state index contributed by atoms with van der Waals surface area (Å²) >= 11 is 0. The lowest BCUT2D eigenvalue weighted by Crippen LogP contribution is -2.41. The number of alkyl halides is 3. The summed E-state index contributed by atoms with van der Waals surface area (Å²) in [7, 11) is 3.37. The fourth-order valence-corrected chi connectivity index (χ4v) is 6.98. The van der Waals surface area contributed by atoms with Crippen molar-refractivity contribution >= 4 is 11.9 Å². The summed E-state index contributed by atoms with van der Waals surface area (Å²) in [5, 5.41) is 2.59. The average Bonchev–Trinajstić information content (AvgIpc) is 3.50. The number of carbonyl (C=O) groups is 2. The van der Waals surface area contributed by atoms with E-state index in [1.165, 1.54) is 12.1 Å². The predicted octanol–water partition coefficient (Wildman–Crippen LogP) is 7.56. The molecular formula is C38H45F6N3O4. The minimum absolute atomic E-state index is 0.0231. The SMILES string of the molecule is CCOC(=O)CC(NC(=O)C(CC(C)C)n1cc(CCN(C)C)c(C(F)(F)F)cc1=O)c1c(F)c2c(c(-c3c(C)cc(F)cc3C)c1F)CCC2. The molecule has 0 saturated heterocycles. The monoisotopic (exact) mass is 721 g/mol. The van der Waals surface area contributed by atoms with Crippen LogP contribution < -0.4 is 10.9 Å². The molecule has 7 nitrogen and oxygen atoms in total. The van der Waals surface area contributed by atoms with E-state index >= 15 is 8.78 Å². The summed E-state index contributed by atoms with van der Waals surface area (Å²) in [6.45, 7) is 8.42. The number of carbonyl (C=O) groups excluding carboxylic acids is 2. The molecule has 1 aliphatic rings. The Balaban J connectivity index is 1.91. The van der Waals surface area contributed by atoms with Gasteiger partial charge in [-0.25, -0.2) is 13.2 Å². The highest BCUT2D eigenvalue weighted by atomic mass is 19.4. The zero-order chi connectivity index (χ0) is 37.9. The van der Waals surface area contributed by atoms with Crippen LogP contribution >= 0.6 is 0 Å². The van der Waals surface area contributed by atoms with Gasteiger partial charge in [0.15, 0.2) is 0 Å². The first-order chi connectivity index (χ1) is 23.8. The lowest BCUT2D eigenvalue weighted by molar-refractivity contribution is -0.144. The minimum Gasteiger partial charge on any atom is -0.466 e. The van der Waals surface area contributed by atoms with Gasteiger partial charge in [0.25, 0.3) is 5.56 Å². The number of aromatic nitrogens is 1. The van der Waals surface area contributed by atoms with Gasteiger partial charge in [-0.3, -0.25) is 14.4 Å². The Bertz CT molecular complexity index is 1830. The second-order valence-electron chi connectivity index (χ2n) is 13.9. The number of rotatable bonds is 13. The van der Waals surface area contributed by atoms with Gasteiger partial charge in [-0.15, -0.1) is 0 Å². The first kappa shape index (κ1) is 39.7. The topological polar surface area (TPSA) is 80.6 Å². The van der Waals surface area contributed by atoms with Crippen LogP contribution in [0.1, 0.15) is 91.1 Å². The minimum atomic E-state index is -4.83. The second kappa shape index (κ2) is 16.0. The van der Waals surface area contributed by atoms with Crippen LogP contribution in [0.2, 0.25) is 0 Å². The summed E-state index contributed by atoms with van der Waals surface area (Å²) in [5.41, 5.74) is -1.11. The Kier molecular flexibility index (Phi) is 12.5. The Morgan fingerprint density at radius 3 is 2.18 bits per heavy atom. The third-order valence-corrected chi connectivity index (χ3v) is 9.20. The summed E-state index contributed by atoms with van der Waals surface area (Å²) in [6.07, 6.45) is -3.47. The molecule has 2 unspecified atom stereocenters. The molecule has 1 amide bonds. The third kappa shape index (κ3) is 8.85. The number of esters is 1. The number of benzene rings is 2. The number of aryl methyl sites for hydroxylation is 2. The van der Waals surface area contributed by atoms with E-state index in [-0.39, 0.29) is 55.0 Å². The smallest absolute Gasteiger partial charge is 0.416 e. The van der Waals surface area contributed by atoms with E-state index in [1.807, 2.05) is 0 Å². The molecule has 3 aromatic rings. The second-order valence-corrected chi connectivity index (χ2v) is 13.9. The van der Waals surface area contributed by atoms with Crippen LogP contribution in [0.25, 0.3) is 11.1 Å². The van der Waals surface area contributed by atoms with Gasteiger partial charge in [-0.2, -0.15) is 13.2 Å². The van der Waals surface area contributed by atoms with Gasteiger partial charge >= 0.3 is 12.1 Å². The molecule has 2 aromatic carbocycles. The number of likely N-dealkylation sites (N-methyl/N-ethyl adjacent to an activating group) is 1. The van der Waals surface area contributed by atoms with E-state index in [0.717, 1.165) is 10.8 Å². The molecule has 4 rings (SSSR count). The maximum absolute atomic E-state index is 17.0. The van der Waals surface area contributed by atoms with Crippen LogP contribution in [0, 0.1) is 37.2 Å². The molecule has 0 saturated carbocycles. The van der Waals surface area contributed by atoms with Crippen molar-refractivity contribution in [3.63, 3.8) is 0 Å². The number of amides is 1. The quantitative estimate of drug-likeness (QED) is 0.146. The lowest BCUT2D eigenvalue weighted by atomic mass is 9.86. The molecule has 1 heterocycles. The molecule has 1 aromatic heterocycles. The van der Waals surface area contributed by atoms with Crippen LogP contribution in [0.4, 0.5) is 26.3 Å². The summed E-state index contributed by atoms with van der Waals surface area (Å²) < 4.78 is 95.9. The molecule has 0 aliphatic heterocycles. The summed E-state index contributed by atoms with van der Waals surface area (Å²) in [4.78, 5) is 42.1. The van der Waals surface area contributed by atoms with Gasteiger partial charge in [0.05, 0.1) is 24.6 Å². The Hall–Kier alpha value is -4.13. The normalized spacial score (nSPS) is 14.2. The van der Waals surface area contributed by atoms with Crippen LogP contribution in [0.15, 0.2) is 29.2 Å². The van der Waals surface area contributed by atoms with Crippen LogP contribution in [-0.2, 0) is 39.8 Å². The molecule has 0 spiro atoms. The van der Waals surface area contributed by atoms with Crippen molar-refractivity contribution in [2.24, 2.45) is 5.92 Å². The molecule has 0 bridgehead atoms. The number of hydrogen-bond donors (Lipinski definition) is 1. The molecule has 1 aliphatic carbocycles. The van der Waals surface area contributed by atoms with Crippen molar-refractivity contribution < 1.29 is 40.7 Å². The first-order valence-corrected chi connectivity index (χ1v) is 17.1. The maximum atomic E-state index is 17.0. The molecule has 278 valence electrons. The largest absolute Gasteiger partial charge is 0.466 e. The van der Waals surface area contributed by atoms with E-state index in [4.69, 9.17) is 4.74 Å². The molecule has 1 N–H and O–H groups in total. The zero-order valence-electron chi connectivity index (χ0n) is 30.0. The highest BCUT2D eigenvalue weighted by Crippen LogP contribution is 2.43. The summed E-state index contributed by atoms with van der Waals surface area (Å²) in [5.74, 6) is -4.54. The van der Waals surface area contributed by atoms with Crippen molar-refractivity contribution in [3.8, 4) is 11.1 Å². The van der Waals surface area contributed by atoms with Crippen molar-refractivity contribution in [2.45, 2.75) is 91.4 Å². The van der Waals surface area contributed by atoms with Gasteiger partial charge in [0.2, 0.25) is 5.91 Å². The van der Waals surface area contributed by atoms with Crippen LogP contribution in [0.5, 0.6) is 0 Å². The van der Waals surface area contributed by atoms with Gasteiger partial charge in [0, 0.05) is 29.9 Å². The van der Waals surface area contributed by atoms with Gasteiger partial charge in [-0.05, 0) is 118 Å². The Labute approximate surface area is 294 Å².